The Hall–Kier alpha value is -3.39. The molecule has 2 aromatic rings. The van der Waals surface area contributed by atoms with Gasteiger partial charge in [-0.25, -0.2) is 4.79 Å². The first-order valence-electron chi connectivity index (χ1n) is 11.0. The van der Waals surface area contributed by atoms with Crippen molar-refractivity contribution in [2.24, 2.45) is 5.92 Å². The van der Waals surface area contributed by atoms with Crippen LogP contribution in [-0.2, 0) is 19.1 Å². The first kappa shape index (κ1) is 24.3. The molecule has 0 spiro atoms. The van der Waals surface area contributed by atoms with E-state index in [1.54, 1.807) is 13.8 Å². The molecule has 3 rings (SSSR count). The molecule has 2 amide bonds. The summed E-state index contributed by atoms with van der Waals surface area (Å²) in [6, 6.07) is 15.1. The monoisotopic (exact) mass is 454 g/mol. The van der Waals surface area contributed by atoms with E-state index in [0.29, 0.717) is 0 Å². The number of hydrogen-bond donors (Lipinski definition) is 3. The van der Waals surface area contributed by atoms with Crippen LogP contribution in [0.25, 0.3) is 11.1 Å². The van der Waals surface area contributed by atoms with Gasteiger partial charge in [0.2, 0.25) is 5.91 Å². The number of carbonyl (C=O) groups is 3. The zero-order chi connectivity index (χ0) is 24.0. The SMILES string of the molecule is CO[C@H](C)[C@H](NC(=O)OCC1c2ccccc2-c2ccccc21)C(=O)NCC(C)CC(=O)O. The maximum Gasteiger partial charge on any atom is 0.407 e. The van der Waals surface area contributed by atoms with Crippen LogP contribution < -0.4 is 10.6 Å². The van der Waals surface area contributed by atoms with Crippen molar-refractivity contribution < 1.29 is 29.0 Å². The lowest BCUT2D eigenvalue weighted by Gasteiger charge is -2.24. The molecule has 0 bridgehead atoms. The molecule has 176 valence electrons. The fraction of sp³-hybridized carbons (Fsp3) is 0.400. The molecule has 0 heterocycles. The number of amides is 2. The summed E-state index contributed by atoms with van der Waals surface area (Å²) in [6.45, 7) is 3.69. The number of fused-ring (bicyclic) bond motifs is 3. The molecule has 3 N–H and O–H groups in total. The molecular formula is C25H30N2O6. The van der Waals surface area contributed by atoms with Gasteiger partial charge in [0.05, 0.1) is 6.10 Å². The van der Waals surface area contributed by atoms with Gasteiger partial charge in [0.15, 0.2) is 0 Å². The van der Waals surface area contributed by atoms with E-state index in [9.17, 15) is 14.4 Å². The van der Waals surface area contributed by atoms with E-state index in [-0.39, 0.29) is 31.4 Å². The molecule has 1 unspecified atom stereocenters. The summed E-state index contributed by atoms with van der Waals surface area (Å²) in [5, 5.41) is 14.1. The lowest BCUT2D eigenvalue weighted by Crippen LogP contribution is -2.53. The molecule has 0 saturated carbocycles. The van der Waals surface area contributed by atoms with Crippen LogP contribution >= 0.6 is 0 Å². The number of carboxylic acid groups (broad SMARTS) is 1. The molecule has 0 saturated heterocycles. The number of rotatable bonds is 10. The molecule has 1 aliphatic carbocycles. The second-order valence-electron chi connectivity index (χ2n) is 8.34. The third-order valence-electron chi connectivity index (χ3n) is 5.89. The highest BCUT2D eigenvalue weighted by Crippen LogP contribution is 2.44. The molecule has 1 aliphatic rings. The third-order valence-corrected chi connectivity index (χ3v) is 5.89. The van der Waals surface area contributed by atoms with Crippen LogP contribution in [0.1, 0.15) is 37.3 Å². The first-order chi connectivity index (χ1) is 15.8. The van der Waals surface area contributed by atoms with E-state index in [4.69, 9.17) is 14.6 Å². The molecule has 2 aromatic carbocycles. The zero-order valence-corrected chi connectivity index (χ0v) is 19.0. The second kappa shape index (κ2) is 11.0. The number of benzene rings is 2. The fourth-order valence-corrected chi connectivity index (χ4v) is 4.05. The minimum Gasteiger partial charge on any atom is -0.481 e. The van der Waals surface area contributed by atoms with Gasteiger partial charge in [0, 0.05) is 26.0 Å². The lowest BCUT2D eigenvalue weighted by atomic mass is 9.98. The van der Waals surface area contributed by atoms with E-state index in [2.05, 4.69) is 22.8 Å². The van der Waals surface area contributed by atoms with Crippen LogP contribution in [0.2, 0.25) is 0 Å². The zero-order valence-electron chi connectivity index (χ0n) is 19.0. The minimum atomic E-state index is -0.984. The Morgan fingerprint density at radius 2 is 1.58 bits per heavy atom. The van der Waals surface area contributed by atoms with Crippen molar-refractivity contribution in [3.05, 3.63) is 59.7 Å². The number of nitrogens with one attached hydrogen (secondary N) is 2. The predicted octanol–water partition coefficient (Wildman–Crippen LogP) is 3.16. The summed E-state index contributed by atoms with van der Waals surface area (Å²) >= 11 is 0. The standard InChI is InChI=1S/C25H30N2O6/c1-15(12-22(28)29)13-26-24(30)23(16(2)32-3)27-25(31)33-14-21-19-10-6-4-8-17(19)18-9-5-7-11-20(18)21/h4-11,15-16,21,23H,12-14H2,1-3H3,(H,26,30)(H,27,31)(H,28,29)/t15?,16-,23+/m1/s1. The first-order valence-corrected chi connectivity index (χ1v) is 11.0. The van der Waals surface area contributed by atoms with Crippen LogP contribution in [0, 0.1) is 5.92 Å². The van der Waals surface area contributed by atoms with Crippen molar-refractivity contribution in [3.63, 3.8) is 0 Å². The normalized spacial score (nSPS) is 15.0. The van der Waals surface area contributed by atoms with E-state index in [1.165, 1.54) is 7.11 Å². The molecule has 33 heavy (non-hydrogen) atoms. The number of carboxylic acids is 1. The van der Waals surface area contributed by atoms with Crippen molar-refractivity contribution in [3.8, 4) is 11.1 Å². The van der Waals surface area contributed by atoms with Crippen LogP contribution in [0.15, 0.2) is 48.5 Å². The molecule has 3 atom stereocenters. The van der Waals surface area contributed by atoms with E-state index >= 15 is 0 Å². The summed E-state index contributed by atoms with van der Waals surface area (Å²) in [5.74, 6) is -1.74. The van der Waals surface area contributed by atoms with Crippen LogP contribution in [0.5, 0.6) is 0 Å². The van der Waals surface area contributed by atoms with Gasteiger partial charge in [-0.3, -0.25) is 9.59 Å². The average molecular weight is 455 g/mol. The molecule has 8 nitrogen and oxygen atoms in total. The maximum atomic E-state index is 12.6. The average Bonchev–Trinajstić information content (AvgIpc) is 3.12. The number of methoxy groups -OCH3 is 1. The molecular weight excluding hydrogens is 424 g/mol. The maximum absolute atomic E-state index is 12.6. The second-order valence-corrected chi connectivity index (χ2v) is 8.34. The van der Waals surface area contributed by atoms with Gasteiger partial charge in [-0.15, -0.1) is 0 Å². The van der Waals surface area contributed by atoms with Gasteiger partial charge in [0.1, 0.15) is 12.6 Å². The highest BCUT2D eigenvalue weighted by molar-refractivity contribution is 5.86. The smallest absolute Gasteiger partial charge is 0.407 e. The Bertz CT molecular complexity index is 962. The van der Waals surface area contributed by atoms with Gasteiger partial charge in [-0.1, -0.05) is 55.5 Å². The number of carbonyl (C=O) groups excluding carboxylic acids is 2. The summed E-state index contributed by atoms with van der Waals surface area (Å²) < 4.78 is 10.8. The quantitative estimate of drug-likeness (QED) is 0.508. The van der Waals surface area contributed by atoms with E-state index < -0.39 is 30.1 Å². The Labute approximate surface area is 193 Å². The van der Waals surface area contributed by atoms with Gasteiger partial charge >= 0.3 is 12.1 Å². The molecule has 0 radical (unpaired) electrons. The summed E-state index contributed by atoms with van der Waals surface area (Å²) in [5.41, 5.74) is 4.45. The van der Waals surface area contributed by atoms with Gasteiger partial charge in [-0.05, 0) is 35.1 Å². The van der Waals surface area contributed by atoms with Crippen LogP contribution in [0.4, 0.5) is 4.79 Å². The van der Waals surface area contributed by atoms with Crippen molar-refractivity contribution in [1.29, 1.82) is 0 Å². The lowest BCUT2D eigenvalue weighted by molar-refractivity contribution is -0.138. The molecule has 0 aliphatic heterocycles. The van der Waals surface area contributed by atoms with Crippen molar-refractivity contribution >= 4 is 18.0 Å². The highest BCUT2D eigenvalue weighted by atomic mass is 16.5. The fourth-order valence-electron chi connectivity index (χ4n) is 4.05. The summed E-state index contributed by atoms with van der Waals surface area (Å²) in [7, 11) is 1.44. The molecule has 8 heteroatoms. The number of hydrogen-bond acceptors (Lipinski definition) is 5. The Morgan fingerprint density at radius 1 is 1.00 bits per heavy atom. The van der Waals surface area contributed by atoms with Crippen LogP contribution in [0.3, 0.4) is 0 Å². The van der Waals surface area contributed by atoms with Crippen molar-refractivity contribution in [2.45, 2.75) is 38.3 Å². The van der Waals surface area contributed by atoms with E-state index in [1.807, 2.05) is 36.4 Å². The van der Waals surface area contributed by atoms with Crippen LogP contribution in [-0.4, -0.2) is 55.5 Å². The van der Waals surface area contributed by atoms with Gasteiger partial charge in [0.25, 0.3) is 0 Å². The largest absolute Gasteiger partial charge is 0.481 e. The Morgan fingerprint density at radius 3 is 2.12 bits per heavy atom. The number of alkyl carbamates (subject to hydrolysis) is 1. The molecule has 0 aromatic heterocycles. The molecule has 0 fully saturated rings. The topological polar surface area (TPSA) is 114 Å². The number of ether oxygens (including phenoxy) is 2. The highest BCUT2D eigenvalue weighted by Gasteiger charge is 2.31. The van der Waals surface area contributed by atoms with Crippen molar-refractivity contribution in [1.82, 2.24) is 10.6 Å². The van der Waals surface area contributed by atoms with Gasteiger partial charge in [-0.2, -0.15) is 0 Å². The predicted molar refractivity (Wildman–Crippen MR) is 123 cm³/mol. The summed E-state index contributed by atoms with van der Waals surface area (Å²) in [6.07, 6.45) is -1.40. The number of aliphatic carboxylic acids is 1. The Kier molecular flexibility index (Phi) is 8.06. The summed E-state index contributed by atoms with van der Waals surface area (Å²) in [4.78, 5) is 36.1. The minimum absolute atomic E-state index is 0.0649. The Balaban J connectivity index is 1.62. The van der Waals surface area contributed by atoms with Crippen molar-refractivity contribution in [2.75, 3.05) is 20.3 Å². The third kappa shape index (κ3) is 5.90. The van der Waals surface area contributed by atoms with Gasteiger partial charge < -0.3 is 25.2 Å². The van der Waals surface area contributed by atoms with E-state index in [0.717, 1.165) is 22.3 Å².